The Hall–Kier alpha value is -3.00. The number of nitrogens with zero attached hydrogens (tertiary/aromatic N) is 1. The van der Waals surface area contributed by atoms with Gasteiger partial charge in [0, 0.05) is 37.2 Å². The monoisotopic (exact) mass is 455 g/mol. The molecule has 1 fully saturated rings. The van der Waals surface area contributed by atoms with Crippen LogP contribution in [-0.4, -0.2) is 54.3 Å². The van der Waals surface area contributed by atoms with Crippen LogP contribution in [0.15, 0.2) is 48.5 Å². The molecule has 1 aliphatic rings. The molecular formula is C24H29N3O4S. The zero-order valence-electron chi connectivity index (χ0n) is 18.4. The average molecular weight is 456 g/mol. The van der Waals surface area contributed by atoms with Crippen molar-refractivity contribution in [3.63, 3.8) is 0 Å². The standard InChI is InChI=1S/C24H29N3O4S/c1-17(28)25-22(19-5-9-21(31-2)10-6-19)16-23(29)26-20-7-3-18(4-8-20)15-24(30)27-11-13-32-14-12-27/h3-10,22H,11-16H2,1-2H3,(H,25,28)(H,26,29). The van der Waals surface area contributed by atoms with Crippen molar-refractivity contribution in [2.75, 3.05) is 37.0 Å². The molecule has 1 atom stereocenters. The Labute approximate surface area is 192 Å². The van der Waals surface area contributed by atoms with Gasteiger partial charge in [0.05, 0.1) is 26.0 Å². The maximum atomic E-state index is 12.6. The molecule has 3 rings (SSSR count). The lowest BCUT2D eigenvalue weighted by atomic mass is 10.0. The number of thioether (sulfide) groups is 1. The largest absolute Gasteiger partial charge is 0.497 e. The van der Waals surface area contributed by atoms with E-state index in [9.17, 15) is 14.4 Å². The van der Waals surface area contributed by atoms with E-state index < -0.39 is 6.04 Å². The van der Waals surface area contributed by atoms with E-state index in [2.05, 4.69) is 10.6 Å². The third-order valence-corrected chi connectivity index (χ3v) is 6.18. The summed E-state index contributed by atoms with van der Waals surface area (Å²) in [6, 6.07) is 14.1. The summed E-state index contributed by atoms with van der Waals surface area (Å²) >= 11 is 1.87. The molecule has 1 heterocycles. The Morgan fingerprint density at radius 1 is 1.03 bits per heavy atom. The lowest BCUT2D eigenvalue weighted by Gasteiger charge is -2.26. The van der Waals surface area contributed by atoms with Crippen molar-refractivity contribution >= 4 is 35.2 Å². The van der Waals surface area contributed by atoms with E-state index in [4.69, 9.17) is 4.74 Å². The third kappa shape index (κ3) is 7.02. The molecule has 170 valence electrons. The Kier molecular flexibility index (Phi) is 8.56. The fourth-order valence-corrected chi connectivity index (χ4v) is 4.44. The number of amides is 3. The average Bonchev–Trinajstić information content (AvgIpc) is 2.80. The van der Waals surface area contributed by atoms with Crippen molar-refractivity contribution in [3.05, 3.63) is 59.7 Å². The number of ether oxygens (including phenoxy) is 1. The summed E-state index contributed by atoms with van der Waals surface area (Å²) in [6.07, 6.45) is 0.458. The van der Waals surface area contributed by atoms with E-state index in [0.717, 1.165) is 35.7 Å². The Morgan fingerprint density at radius 3 is 2.28 bits per heavy atom. The van der Waals surface area contributed by atoms with Gasteiger partial charge in [-0.1, -0.05) is 24.3 Å². The number of anilines is 1. The van der Waals surface area contributed by atoms with Gasteiger partial charge in [-0.2, -0.15) is 11.8 Å². The van der Waals surface area contributed by atoms with Crippen LogP contribution in [0.1, 0.15) is 30.5 Å². The summed E-state index contributed by atoms with van der Waals surface area (Å²) in [5.41, 5.74) is 2.39. The fourth-order valence-electron chi connectivity index (χ4n) is 3.54. The van der Waals surface area contributed by atoms with Gasteiger partial charge >= 0.3 is 0 Å². The number of carbonyl (C=O) groups excluding carboxylic acids is 3. The smallest absolute Gasteiger partial charge is 0.227 e. The molecule has 7 nitrogen and oxygen atoms in total. The van der Waals surface area contributed by atoms with Gasteiger partial charge in [0.1, 0.15) is 5.75 Å². The molecule has 2 aromatic rings. The Morgan fingerprint density at radius 2 is 1.69 bits per heavy atom. The number of hydrogen-bond acceptors (Lipinski definition) is 5. The number of rotatable bonds is 8. The normalized spacial score (nSPS) is 14.4. The molecule has 1 saturated heterocycles. The van der Waals surface area contributed by atoms with Gasteiger partial charge in [0.25, 0.3) is 0 Å². The first-order valence-corrected chi connectivity index (χ1v) is 11.8. The van der Waals surface area contributed by atoms with Crippen molar-refractivity contribution in [1.82, 2.24) is 10.2 Å². The first-order valence-electron chi connectivity index (χ1n) is 10.6. The van der Waals surface area contributed by atoms with E-state index >= 15 is 0 Å². The van der Waals surface area contributed by atoms with Crippen LogP contribution in [0.5, 0.6) is 5.75 Å². The molecule has 8 heteroatoms. The van der Waals surface area contributed by atoms with Crippen LogP contribution < -0.4 is 15.4 Å². The van der Waals surface area contributed by atoms with Crippen molar-refractivity contribution in [3.8, 4) is 5.75 Å². The van der Waals surface area contributed by atoms with Crippen LogP contribution in [-0.2, 0) is 20.8 Å². The SMILES string of the molecule is COc1ccc(C(CC(=O)Nc2ccc(CC(=O)N3CCSCC3)cc2)NC(C)=O)cc1. The predicted octanol–water partition coefficient (Wildman–Crippen LogP) is 3.02. The molecule has 3 amide bonds. The van der Waals surface area contributed by atoms with Gasteiger partial charge < -0.3 is 20.3 Å². The summed E-state index contributed by atoms with van der Waals surface area (Å²) in [4.78, 5) is 38.6. The highest BCUT2D eigenvalue weighted by atomic mass is 32.2. The molecule has 1 aliphatic heterocycles. The number of methoxy groups -OCH3 is 1. The van der Waals surface area contributed by atoms with Gasteiger partial charge in [-0.25, -0.2) is 0 Å². The number of carbonyl (C=O) groups is 3. The Balaban J connectivity index is 1.57. The number of benzene rings is 2. The molecule has 0 spiro atoms. The minimum Gasteiger partial charge on any atom is -0.497 e. The highest BCUT2D eigenvalue weighted by Crippen LogP contribution is 2.21. The van der Waals surface area contributed by atoms with E-state index in [1.165, 1.54) is 6.92 Å². The highest BCUT2D eigenvalue weighted by Gasteiger charge is 2.19. The summed E-state index contributed by atoms with van der Waals surface area (Å²) < 4.78 is 5.17. The van der Waals surface area contributed by atoms with E-state index in [1.807, 2.05) is 40.9 Å². The second kappa shape index (κ2) is 11.6. The highest BCUT2D eigenvalue weighted by molar-refractivity contribution is 7.99. The van der Waals surface area contributed by atoms with Crippen molar-refractivity contribution in [2.45, 2.75) is 25.8 Å². The maximum absolute atomic E-state index is 12.6. The van der Waals surface area contributed by atoms with Crippen molar-refractivity contribution < 1.29 is 19.1 Å². The predicted molar refractivity (Wildman–Crippen MR) is 127 cm³/mol. The molecule has 1 unspecified atom stereocenters. The summed E-state index contributed by atoms with van der Waals surface area (Å²) in [5, 5.41) is 5.70. The third-order valence-electron chi connectivity index (χ3n) is 5.24. The van der Waals surface area contributed by atoms with E-state index in [-0.39, 0.29) is 24.1 Å². The quantitative estimate of drug-likeness (QED) is 0.639. The fraction of sp³-hybridized carbons (Fsp3) is 0.375. The van der Waals surface area contributed by atoms with E-state index in [1.54, 1.807) is 31.4 Å². The molecular weight excluding hydrogens is 426 g/mol. The number of hydrogen-bond donors (Lipinski definition) is 2. The van der Waals surface area contributed by atoms with E-state index in [0.29, 0.717) is 17.9 Å². The molecule has 2 N–H and O–H groups in total. The molecule has 32 heavy (non-hydrogen) atoms. The summed E-state index contributed by atoms with van der Waals surface area (Å²) in [6.45, 7) is 3.04. The first-order chi connectivity index (χ1) is 15.4. The van der Waals surface area contributed by atoms with Gasteiger partial charge in [0.2, 0.25) is 17.7 Å². The molecule has 0 saturated carbocycles. The number of nitrogens with one attached hydrogen (secondary N) is 2. The summed E-state index contributed by atoms with van der Waals surface area (Å²) in [7, 11) is 1.59. The lowest BCUT2D eigenvalue weighted by Crippen LogP contribution is -2.38. The second-order valence-corrected chi connectivity index (χ2v) is 8.87. The minimum atomic E-state index is -0.446. The van der Waals surface area contributed by atoms with Gasteiger partial charge in [-0.05, 0) is 35.4 Å². The van der Waals surface area contributed by atoms with Crippen LogP contribution in [0.4, 0.5) is 5.69 Å². The molecule has 0 aromatic heterocycles. The topological polar surface area (TPSA) is 87.7 Å². The second-order valence-electron chi connectivity index (χ2n) is 7.65. The maximum Gasteiger partial charge on any atom is 0.227 e. The molecule has 0 bridgehead atoms. The molecule has 2 aromatic carbocycles. The minimum absolute atomic E-state index is 0.0963. The zero-order chi connectivity index (χ0) is 22.9. The molecule has 0 radical (unpaired) electrons. The van der Waals surface area contributed by atoms with Crippen LogP contribution in [0, 0.1) is 0 Å². The van der Waals surface area contributed by atoms with Gasteiger partial charge in [-0.15, -0.1) is 0 Å². The summed E-state index contributed by atoms with van der Waals surface area (Å²) in [5.74, 6) is 2.41. The van der Waals surface area contributed by atoms with Crippen LogP contribution >= 0.6 is 11.8 Å². The Bertz CT molecular complexity index is 925. The lowest BCUT2D eigenvalue weighted by molar-refractivity contribution is -0.130. The first kappa shape index (κ1) is 23.7. The van der Waals surface area contributed by atoms with Crippen molar-refractivity contribution in [2.24, 2.45) is 0 Å². The van der Waals surface area contributed by atoms with Crippen molar-refractivity contribution in [1.29, 1.82) is 0 Å². The van der Waals surface area contributed by atoms with Crippen LogP contribution in [0.2, 0.25) is 0 Å². The van der Waals surface area contributed by atoms with Gasteiger partial charge in [0.15, 0.2) is 0 Å². The van der Waals surface area contributed by atoms with Gasteiger partial charge in [-0.3, -0.25) is 14.4 Å². The van der Waals surface area contributed by atoms with Crippen LogP contribution in [0.3, 0.4) is 0 Å². The van der Waals surface area contributed by atoms with Crippen LogP contribution in [0.25, 0.3) is 0 Å². The zero-order valence-corrected chi connectivity index (χ0v) is 19.2. The molecule has 0 aliphatic carbocycles.